The van der Waals surface area contributed by atoms with Crippen LogP contribution in [-0.2, 0) is 11.3 Å². The summed E-state index contributed by atoms with van der Waals surface area (Å²) >= 11 is 1.65. The Morgan fingerprint density at radius 1 is 1.40 bits per heavy atom. The number of fused-ring (bicyclic) bond motifs is 1. The van der Waals surface area contributed by atoms with Gasteiger partial charge in [0.05, 0.1) is 23.9 Å². The molecule has 3 rings (SSSR count). The SMILES string of the molecule is CN=C(NCc1cn2ccsc2n1)N1CCC(OC(C)(C)C)CC1.I. The Balaban J connectivity index is 0.00000225. The van der Waals surface area contributed by atoms with Gasteiger partial charge in [-0.2, -0.15) is 0 Å². The number of piperidine rings is 1. The molecule has 0 aromatic carbocycles. The van der Waals surface area contributed by atoms with Crippen LogP contribution in [0.5, 0.6) is 0 Å². The normalized spacial score (nSPS) is 17.0. The van der Waals surface area contributed by atoms with Gasteiger partial charge in [-0.3, -0.25) is 9.39 Å². The molecule has 0 bridgehead atoms. The van der Waals surface area contributed by atoms with Gasteiger partial charge in [0.25, 0.3) is 0 Å². The molecule has 140 valence electrons. The Morgan fingerprint density at radius 3 is 2.72 bits per heavy atom. The van der Waals surface area contributed by atoms with Gasteiger partial charge >= 0.3 is 0 Å². The minimum Gasteiger partial charge on any atom is -0.372 e. The number of guanidine groups is 1. The Kier molecular flexibility index (Phi) is 7.10. The predicted molar refractivity (Wildman–Crippen MR) is 114 cm³/mol. The van der Waals surface area contributed by atoms with E-state index >= 15 is 0 Å². The highest BCUT2D eigenvalue weighted by molar-refractivity contribution is 14.0. The van der Waals surface area contributed by atoms with Crippen LogP contribution in [0.4, 0.5) is 0 Å². The maximum Gasteiger partial charge on any atom is 0.193 e. The summed E-state index contributed by atoms with van der Waals surface area (Å²) < 4.78 is 8.15. The van der Waals surface area contributed by atoms with Gasteiger partial charge in [0.1, 0.15) is 0 Å². The highest BCUT2D eigenvalue weighted by atomic mass is 127. The summed E-state index contributed by atoms with van der Waals surface area (Å²) in [5.41, 5.74) is 0.967. The van der Waals surface area contributed by atoms with E-state index in [-0.39, 0.29) is 29.6 Å². The molecule has 0 aliphatic carbocycles. The van der Waals surface area contributed by atoms with Crippen LogP contribution in [0.25, 0.3) is 4.96 Å². The third-order valence-corrected chi connectivity index (χ3v) is 4.82. The number of imidazole rings is 1. The van der Waals surface area contributed by atoms with Gasteiger partial charge in [0.2, 0.25) is 0 Å². The summed E-state index contributed by atoms with van der Waals surface area (Å²) in [4.78, 5) is 12.4. The number of likely N-dealkylation sites (tertiary alicyclic amines) is 1. The van der Waals surface area contributed by atoms with Crippen molar-refractivity contribution >= 4 is 46.2 Å². The number of thiazole rings is 1. The number of hydrogen-bond acceptors (Lipinski definition) is 4. The van der Waals surface area contributed by atoms with Gasteiger partial charge in [-0.25, -0.2) is 4.98 Å². The summed E-state index contributed by atoms with van der Waals surface area (Å²) in [5, 5.41) is 5.48. The number of nitrogens with one attached hydrogen (secondary N) is 1. The zero-order valence-electron chi connectivity index (χ0n) is 15.4. The number of ether oxygens (including phenoxy) is 1. The van der Waals surface area contributed by atoms with Crippen LogP contribution < -0.4 is 5.32 Å². The Morgan fingerprint density at radius 2 is 2.12 bits per heavy atom. The molecule has 2 aromatic heterocycles. The molecule has 6 nitrogen and oxygen atoms in total. The maximum atomic E-state index is 6.10. The quantitative estimate of drug-likeness (QED) is 0.419. The second kappa shape index (κ2) is 8.68. The molecular formula is C17H28IN5OS. The summed E-state index contributed by atoms with van der Waals surface area (Å²) in [6.07, 6.45) is 6.52. The van der Waals surface area contributed by atoms with Crippen molar-refractivity contribution in [2.75, 3.05) is 20.1 Å². The first-order valence-electron chi connectivity index (χ1n) is 8.49. The Hall–Kier alpha value is -0.870. The highest BCUT2D eigenvalue weighted by Crippen LogP contribution is 2.20. The maximum absolute atomic E-state index is 6.10. The van der Waals surface area contributed by atoms with E-state index in [0.717, 1.165) is 42.5 Å². The summed E-state index contributed by atoms with van der Waals surface area (Å²) in [5.74, 6) is 0.945. The number of halogens is 1. The average molecular weight is 477 g/mol. The monoisotopic (exact) mass is 477 g/mol. The molecule has 0 atom stereocenters. The van der Waals surface area contributed by atoms with Crippen LogP contribution in [0.2, 0.25) is 0 Å². The zero-order chi connectivity index (χ0) is 17.2. The van der Waals surface area contributed by atoms with Gasteiger partial charge in [0, 0.05) is 37.9 Å². The fourth-order valence-electron chi connectivity index (χ4n) is 3.05. The van der Waals surface area contributed by atoms with Crippen molar-refractivity contribution in [3.05, 3.63) is 23.5 Å². The molecule has 2 aromatic rings. The molecule has 0 spiro atoms. The van der Waals surface area contributed by atoms with Crippen LogP contribution in [0.15, 0.2) is 22.8 Å². The van der Waals surface area contributed by atoms with Gasteiger partial charge in [-0.05, 0) is 33.6 Å². The van der Waals surface area contributed by atoms with Crippen molar-refractivity contribution in [2.45, 2.75) is 51.9 Å². The molecule has 0 saturated carbocycles. The van der Waals surface area contributed by atoms with Crippen molar-refractivity contribution in [2.24, 2.45) is 4.99 Å². The number of aromatic nitrogens is 2. The lowest BCUT2D eigenvalue weighted by molar-refractivity contribution is -0.0772. The van der Waals surface area contributed by atoms with Gasteiger partial charge in [0.15, 0.2) is 10.9 Å². The van der Waals surface area contributed by atoms with Crippen LogP contribution in [-0.4, -0.2) is 52.1 Å². The lowest BCUT2D eigenvalue weighted by Gasteiger charge is -2.36. The van der Waals surface area contributed by atoms with Gasteiger partial charge in [-0.15, -0.1) is 35.3 Å². The molecule has 0 unspecified atom stereocenters. The molecule has 0 radical (unpaired) electrons. The van der Waals surface area contributed by atoms with Gasteiger partial charge < -0.3 is 15.0 Å². The first-order chi connectivity index (χ1) is 11.4. The van der Waals surface area contributed by atoms with E-state index in [2.05, 4.69) is 51.6 Å². The predicted octanol–water partition coefficient (Wildman–Crippen LogP) is 3.37. The minimum atomic E-state index is -0.0687. The third-order valence-electron chi connectivity index (χ3n) is 4.04. The first-order valence-corrected chi connectivity index (χ1v) is 9.37. The number of hydrogen-bond donors (Lipinski definition) is 1. The van der Waals surface area contributed by atoms with Crippen molar-refractivity contribution in [3.63, 3.8) is 0 Å². The molecule has 1 aliphatic heterocycles. The van der Waals surface area contributed by atoms with Gasteiger partial charge in [-0.1, -0.05) is 0 Å². The van der Waals surface area contributed by atoms with E-state index < -0.39 is 0 Å². The molecule has 0 amide bonds. The van der Waals surface area contributed by atoms with E-state index in [1.165, 1.54) is 0 Å². The third kappa shape index (κ3) is 5.55. The molecule has 1 aliphatic rings. The zero-order valence-corrected chi connectivity index (χ0v) is 18.5. The largest absolute Gasteiger partial charge is 0.372 e. The van der Waals surface area contributed by atoms with Crippen LogP contribution in [0, 0.1) is 0 Å². The number of rotatable bonds is 3. The molecule has 1 saturated heterocycles. The van der Waals surface area contributed by atoms with Crippen LogP contribution in [0.1, 0.15) is 39.3 Å². The Labute approximate surface area is 170 Å². The number of aliphatic imine (C=N–C) groups is 1. The molecular weight excluding hydrogens is 449 g/mol. The second-order valence-electron chi connectivity index (χ2n) is 7.14. The van der Waals surface area contributed by atoms with E-state index in [1.54, 1.807) is 11.3 Å². The average Bonchev–Trinajstić information content (AvgIpc) is 3.09. The molecule has 25 heavy (non-hydrogen) atoms. The van der Waals surface area contributed by atoms with Crippen molar-refractivity contribution < 1.29 is 4.74 Å². The van der Waals surface area contributed by atoms with Crippen molar-refractivity contribution in [1.82, 2.24) is 19.6 Å². The summed E-state index contributed by atoms with van der Waals surface area (Å²) in [6, 6.07) is 0. The summed E-state index contributed by atoms with van der Waals surface area (Å²) in [6.45, 7) is 9.00. The van der Waals surface area contributed by atoms with E-state index in [9.17, 15) is 0 Å². The van der Waals surface area contributed by atoms with Crippen LogP contribution in [0.3, 0.4) is 0 Å². The van der Waals surface area contributed by atoms with E-state index in [1.807, 2.05) is 18.6 Å². The molecule has 3 heterocycles. The lowest BCUT2D eigenvalue weighted by Crippen LogP contribution is -2.47. The standard InChI is InChI=1S/C17H27N5OS.HI/c1-17(2,3)23-14-5-7-21(8-6-14)15(18-4)19-11-13-12-22-9-10-24-16(22)20-13;/h9-10,12,14H,5-8,11H2,1-4H3,(H,18,19);1H. The molecule has 1 fully saturated rings. The van der Waals surface area contributed by atoms with Crippen LogP contribution >= 0.6 is 35.3 Å². The fraction of sp³-hybridized carbons (Fsp3) is 0.647. The first kappa shape index (κ1) is 20.4. The molecule has 8 heteroatoms. The lowest BCUT2D eigenvalue weighted by atomic mass is 10.1. The minimum absolute atomic E-state index is 0. The summed E-state index contributed by atoms with van der Waals surface area (Å²) in [7, 11) is 1.84. The smallest absolute Gasteiger partial charge is 0.193 e. The number of nitrogens with zero attached hydrogens (tertiary/aromatic N) is 4. The topological polar surface area (TPSA) is 54.2 Å². The Bertz CT molecular complexity index is 669. The van der Waals surface area contributed by atoms with E-state index in [4.69, 9.17) is 4.74 Å². The fourth-order valence-corrected chi connectivity index (χ4v) is 3.77. The highest BCUT2D eigenvalue weighted by Gasteiger charge is 2.25. The molecule has 1 N–H and O–H groups in total. The second-order valence-corrected chi connectivity index (χ2v) is 8.02. The van der Waals surface area contributed by atoms with Crippen molar-refractivity contribution in [1.29, 1.82) is 0 Å². The van der Waals surface area contributed by atoms with E-state index in [0.29, 0.717) is 12.6 Å². The van der Waals surface area contributed by atoms with Crippen molar-refractivity contribution in [3.8, 4) is 0 Å².